The van der Waals surface area contributed by atoms with Gasteiger partial charge < -0.3 is 14.6 Å². The zero-order chi connectivity index (χ0) is 21.8. The van der Waals surface area contributed by atoms with Crippen molar-refractivity contribution in [1.82, 2.24) is 4.57 Å². The van der Waals surface area contributed by atoms with Crippen molar-refractivity contribution in [2.24, 2.45) is 0 Å². The number of ether oxygens (including phenoxy) is 1. The van der Waals surface area contributed by atoms with E-state index < -0.39 is 0 Å². The average Bonchev–Trinajstić information content (AvgIpc) is 3.12. The number of nitrogens with one attached hydrogen (secondary N) is 1. The Balaban J connectivity index is 1.50. The number of hydrogen-bond donors (Lipinski definition) is 1. The van der Waals surface area contributed by atoms with Gasteiger partial charge in [0.25, 0.3) is 0 Å². The highest BCUT2D eigenvalue weighted by Gasteiger charge is 2.13. The van der Waals surface area contributed by atoms with Crippen molar-refractivity contribution in [3.63, 3.8) is 0 Å². The predicted molar refractivity (Wildman–Crippen MR) is 130 cm³/mol. The van der Waals surface area contributed by atoms with E-state index in [-0.39, 0.29) is 11.7 Å². The largest absolute Gasteiger partial charge is 0.495 e. The number of carbonyl (C=O) groups excluding carboxylic acids is 1. The van der Waals surface area contributed by atoms with E-state index in [1.54, 1.807) is 25.3 Å². The summed E-state index contributed by atoms with van der Waals surface area (Å²) in [5.41, 5.74) is 2.84. The first-order chi connectivity index (χ1) is 15.0. The minimum absolute atomic E-state index is 0.125. The monoisotopic (exact) mass is 470 g/mol. The lowest BCUT2D eigenvalue weighted by Crippen LogP contribution is -2.14. The molecule has 7 heteroatoms. The molecule has 4 rings (SSSR count). The molecule has 4 aromatic rings. The Hall–Kier alpha value is -2.60. The summed E-state index contributed by atoms with van der Waals surface area (Å²) in [6.07, 6.45) is 2.09. The van der Waals surface area contributed by atoms with E-state index in [0.717, 1.165) is 32.9 Å². The standard InChI is InChI=1S/C24H20Cl2N2O2S/c1-30-22-11-10-18(26)12-20(22)27-24(29)15-31-23-14-28(21-5-3-2-4-19(21)23)13-16-6-8-17(25)9-7-16/h2-12,14H,13,15H2,1H3,(H,27,29). The molecule has 0 saturated carbocycles. The van der Waals surface area contributed by atoms with E-state index >= 15 is 0 Å². The van der Waals surface area contributed by atoms with Crippen molar-refractivity contribution in [2.45, 2.75) is 11.4 Å². The average molecular weight is 471 g/mol. The van der Waals surface area contributed by atoms with Gasteiger partial charge in [-0.3, -0.25) is 4.79 Å². The number of anilines is 1. The van der Waals surface area contributed by atoms with Gasteiger partial charge in [0.1, 0.15) is 5.75 Å². The lowest BCUT2D eigenvalue weighted by Gasteiger charge is -2.10. The van der Waals surface area contributed by atoms with Crippen LogP contribution < -0.4 is 10.1 Å². The zero-order valence-electron chi connectivity index (χ0n) is 16.8. The Labute approximate surface area is 195 Å². The Kier molecular flexibility index (Phi) is 6.76. The predicted octanol–water partition coefficient (Wildman–Crippen LogP) is 6.74. The fraction of sp³-hybridized carbons (Fsp3) is 0.125. The molecule has 1 N–H and O–H groups in total. The molecule has 4 nitrogen and oxygen atoms in total. The van der Waals surface area contributed by atoms with Crippen LogP contribution in [0.3, 0.4) is 0 Å². The number of halogens is 2. The molecular weight excluding hydrogens is 451 g/mol. The van der Waals surface area contributed by atoms with E-state index in [2.05, 4.69) is 28.2 Å². The fourth-order valence-electron chi connectivity index (χ4n) is 3.35. The van der Waals surface area contributed by atoms with E-state index in [0.29, 0.717) is 16.5 Å². The Morgan fingerprint density at radius 3 is 2.55 bits per heavy atom. The molecule has 0 radical (unpaired) electrons. The smallest absolute Gasteiger partial charge is 0.234 e. The molecule has 0 fully saturated rings. The summed E-state index contributed by atoms with van der Waals surface area (Å²) in [7, 11) is 1.56. The molecular formula is C24H20Cl2N2O2S. The van der Waals surface area contributed by atoms with Crippen molar-refractivity contribution in [1.29, 1.82) is 0 Å². The third-order valence-corrected chi connectivity index (χ3v) is 6.34. The SMILES string of the molecule is COc1ccc(Cl)cc1NC(=O)CSc1cn(Cc2ccc(Cl)cc2)c2ccccc12. The van der Waals surface area contributed by atoms with Crippen LogP contribution >= 0.6 is 35.0 Å². The highest BCUT2D eigenvalue weighted by Crippen LogP contribution is 2.32. The van der Waals surface area contributed by atoms with Gasteiger partial charge in [-0.2, -0.15) is 0 Å². The number of nitrogens with zero attached hydrogens (tertiary/aromatic N) is 1. The summed E-state index contributed by atoms with van der Waals surface area (Å²) in [5.74, 6) is 0.715. The van der Waals surface area contributed by atoms with Gasteiger partial charge in [0.05, 0.1) is 18.6 Å². The molecule has 0 aliphatic heterocycles. The van der Waals surface area contributed by atoms with Crippen LogP contribution in [0.15, 0.2) is 77.8 Å². The summed E-state index contributed by atoms with van der Waals surface area (Å²) >= 11 is 13.6. The first-order valence-electron chi connectivity index (χ1n) is 9.62. The third-order valence-electron chi connectivity index (χ3n) is 4.81. The number of methoxy groups -OCH3 is 1. The normalized spacial score (nSPS) is 10.9. The number of carbonyl (C=O) groups is 1. The Bertz CT molecular complexity index is 1220. The van der Waals surface area contributed by atoms with Crippen LogP contribution in [0.4, 0.5) is 5.69 Å². The molecule has 158 valence electrons. The van der Waals surface area contributed by atoms with Gasteiger partial charge in [0.15, 0.2) is 0 Å². The molecule has 0 spiro atoms. The number of amides is 1. The van der Waals surface area contributed by atoms with Gasteiger partial charge in [-0.1, -0.05) is 53.5 Å². The number of fused-ring (bicyclic) bond motifs is 1. The van der Waals surface area contributed by atoms with Gasteiger partial charge in [0.2, 0.25) is 5.91 Å². The van der Waals surface area contributed by atoms with Crippen LogP contribution in [0.5, 0.6) is 5.75 Å². The molecule has 0 atom stereocenters. The van der Waals surface area contributed by atoms with Crippen LogP contribution in [-0.4, -0.2) is 23.3 Å². The number of para-hydroxylation sites is 1. The summed E-state index contributed by atoms with van der Waals surface area (Å²) in [6, 6.07) is 21.2. The minimum atomic E-state index is -0.125. The van der Waals surface area contributed by atoms with Crippen LogP contribution in [0.25, 0.3) is 10.9 Å². The molecule has 1 amide bonds. The molecule has 0 bridgehead atoms. The van der Waals surface area contributed by atoms with E-state index in [1.165, 1.54) is 11.8 Å². The molecule has 1 aromatic heterocycles. The van der Waals surface area contributed by atoms with Crippen LogP contribution in [0.1, 0.15) is 5.56 Å². The first kappa shape index (κ1) is 21.6. The van der Waals surface area contributed by atoms with Gasteiger partial charge in [-0.25, -0.2) is 0 Å². The quantitative estimate of drug-likeness (QED) is 0.304. The second kappa shape index (κ2) is 9.69. The van der Waals surface area contributed by atoms with Crippen molar-refractivity contribution in [2.75, 3.05) is 18.2 Å². The molecule has 0 saturated heterocycles. The summed E-state index contributed by atoms with van der Waals surface area (Å²) < 4.78 is 7.49. The van der Waals surface area contributed by atoms with E-state index in [4.69, 9.17) is 27.9 Å². The minimum Gasteiger partial charge on any atom is -0.495 e. The second-order valence-corrected chi connectivity index (χ2v) is 8.84. The van der Waals surface area contributed by atoms with Crippen molar-refractivity contribution in [3.8, 4) is 5.75 Å². The molecule has 0 aliphatic rings. The molecule has 0 aliphatic carbocycles. The maximum absolute atomic E-state index is 12.6. The van der Waals surface area contributed by atoms with Crippen molar-refractivity contribution < 1.29 is 9.53 Å². The second-order valence-electron chi connectivity index (χ2n) is 6.95. The number of rotatable bonds is 7. The Morgan fingerprint density at radius 1 is 1.03 bits per heavy atom. The van der Waals surface area contributed by atoms with E-state index in [1.807, 2.05) is 36.4 Å². The summed E-state index contributed by atoms with van der Waals surface area (Å²) in [5, 5.41) is 5.26. The van der Waals surface area contributed by atoms with E-state index in [9.17, 15) is 4.79 Å². The van der Waals surface area contributed by atoms with Crippen LogP contribution in [0, 0.1) is 0 Å². The van der Waals surface area contributed by atoms with Gasteiger partial charge in [-0.05, 0) is 42.0 Å². The highest BCUT2D eigenvalue weighted by molar-refractivity contribution is 8.00. The number of thioether (sulfide) groups is 1. The third kappa shape index (κ3) is 5.18. The first-order valence-corrected chi connectivity index (χ1v) is 11.4. The maximum Gasteiger partial charge on any atom is 0.234 e. The molecule has 0 unspecified atom stereocenters. The zero-order valence-corrected chi connectivity index (χ0v) is 19.1. The fourth-order valence-corrected chi connectivity index (χ4v) is 4.54. The number of hydrogen-bond acceptors (Lipinski definition) is 3. The van der Waals surface area contributed by atoms with Crippen LogP contribution in [0.2, 0.25) is 10.0 Å². The topological polar surface area (TPSA) is 43.3 Å². The maximum atomic E-state index is 12.6. The van der Waals surface area contributed by atoms with Crippen molar-refractivity contribution in [3.05, 3.63) is 88.5 Å². The summed E-state index contributed by atoms with van der Waals surface area (Å²) in [6.45, 7) is 0.726. The lowest BCUT2D eigenvalue weighted by molar-refractivity contribution is -0.113. The molecule has 1 heterocycles. The molecule has 31 heavy (non-hydrogen) atoms. The number of aromatic nitrogens is 1. The van der Waals surface area contributed by atoms with Gasteiger partial charge >= 0.3 is 0 Å². The highest BCUT2D eigenvalue weighted by atomic mass is 35.5. The van der Waals surface area contributed by atoms with Gasteiger partial charge in [0, 0.05) is 38.6 Å². The van der Waals surface area contributed by atoms with Crippen molar-refractivity contribution >= 4 is 57.5 Å². The Morgan fingerprint density at radius 2 is 1.77 bits per heavy atom. The number of benzene rings is 3. The van der Waals surface area contributed by atoms with Crippen LogP contribution in [-0.2, 0) is 11.3 Å². The molecule has 3 aromatic carbocycles. The van der Waals surface area contributed by atoms with Gasteiger partial charge in [-0.15, -0.1) is 11.8 Å². The summed E-state index contributed by atoms with van der Waals surface area (Å²) in [4.78, 5) is 13.6. The lowest BCUT2D eigenvalue weighted by atomic mass is 10.2.